The number of hydrogen-bond donors (Lipinski definition) is 0. The van der Waals surface area contributed by atoms with Crippen LogP contribution in [0.15, 0.2) is 72.2 Å². The third-order valence-electron chi connectivity index (χ3n) is 4.47. The topological polar surface area (TPSA) is 97.4 Å². The minimum atomic E-state index is -1.12. The van der Waals surface area contributed by atoms with Gasteiger partial charge in [0.25, 0.3) is 0 Å². The first-order valence-electron chi connectivity index (χ1n) is 10.0. The molecule has 0 bridgehead atoms. The van der Waals surface area contributed by atoms with Crippen molar-refractivity contribution in [1.29, 1.82) is 0 Å². The lowest BCUT2D eigenvalue weighted by Crippen LogP contribution is -2.37. The molecule has 168 valence electrons. The van der Waals surface area contributed by atoms with E-state index in [4.69, 9.17) is 23.7 Å². The standard InChI is InChI=1S/C24H24O8/c1-16(25)28-15-20(31-17(2)26)21-22(29-13-18-9-5-3-6-10-18)23(24(27)32-21)30-14-19-11-7-4-8-12-19/h3-12,20-21H,13-15H2,1-2H3. The van der Waals surface area contributed by atoms with Gasteiger partial charge in [-0.1, -0.05) is 60.7 Å². The molecule has 32 heavy (non-hydrogen) atoms. The van der Waals surface area contributed by atoms with E-state index in [1.807, 2.05) is 60.7 Å². The van der Waals surface area contributed by atoms with E-state index in [2.05, 4.69) is 0 Å². The van der Waals surface area contributed by atoms with E-state index >= 15 is 0 Å². The summed E-state index contributed by atoms with van der Waals surface area (Å²) in [5.41, 5.74) is 1.69. The molecule has 1 aliphatic rings. The Labute approximate surface area is 185 Å². The fourth-order valence-corrected chi connectivity index (χ4v) is 3.04. The van der Waals surface area contributed by atoms with Gasteiger partial charge in [-0.15, -0.1) is 0 Å². The zero-order chi connectivity index (χ0) is 22.9. The monoisotopic (exact) mass is 440 g/mol. The van der Waals surface area contributed by atoms with Crippen molar-refractivity contribution in [3.8, 4) is 0 Å². The van der Waals surface area contributed by atoms with Crippen LogP contribution < -0.4 is 0 Å². The first kappa shape index (κ1) is 22.9. The van der Waals surface area contributed by atoms with Gasteiger partial charge in [-0.25, -0.2) is 4.79 Å². The summed E-state index contributed by atoms with van der Waals surface area (Å²) in [6.07, 6.45) is -2.22. The van der Waals surface area contributed by atoms with Gasteiger partial charge in [0.1, 0.15) is 19.8 Å². The van der Waals surface area contributed by atoms with E-state index in [0.717, 1.165) is 11.1 Å². The van der Waals surface area contributed by atoms with Gasteiger partial charge in [-0.3, -0.25) is 9.59 Å². The molecule has 0 N–H and O–H groups in total. The smallest absolute Gasteiger partial charge is 0.378 e. The van der Waals surface area contributed by atoms with Crippen LogP contribution in [0.25, 0.3) is 0 Å². The van der Waals surface area contributed by atoms with Crippen LogP contribution in [0.1, 0.15) is 25.0 Å². The lowest BCUT2D eigenvalue weighted by Gasteiger charge is -2.23. The van der Waals surface area contributed by atoms with Crippen LogP contribution in [0.2, 0.25) is 0 Å². The highest BCUT2D eigenvalue weighted by Gasteiger charge is 2.44. The highest BCUT2D eigenvalue weighted by atomic mass is 16.6. The Bertz CT molecular complexity index is 968. The maximum absolute atomic E-state index is 12.6. The van der Waals surface area contributed by atoms with Gasteiger partial charge < -0.3 is 23.7 Å². The summed E-state index contributed by atoms with van der Waals surface area (Å²) in [4.78, 5) is 35.5. The second-order valence-corrected chi connectivity index (χ2v) is 7.02. The Hall–Kier alpha value is -3.81. The predicted molar refractivity (Wildman–Crippen MR) is 112 cm³/mol. The zero-order valence-corrected chi connectivity index (χ0v) is 17.8. The molecule has 8 heteroatoms. The van der Waals surface area contributed by atoms with Crippen molar-refractivity contribution in [2.24, 2.45) is 0 Å². The molecular weight excluding hydrogens is 416 g/mol. The van der Waals surface area contributed by atoms with E-state index in [1.165, 1.54) is 13.8 Å². The van der Waals surface area contributed by atoms with Crippen LogP contribution in [-0.4, -0.2) is 36.7 Å². The van der Waals surface area contributed by atoms with Gasteiger partial charge in [0.05, 0.1) is 0 Å². The van der Waals surface area contributed by atoms with Crippen molar-refractivity contribution >= 4 is 17.9 Å². The molecule has 0 aliphatic carbocycles. The lowest BCUT2D eigenvalue weighted by molar-refractivity contribution is -0.169. The van der Waals surface area contributed by atoms with Crippen LogP contribution in [-0.2, 0) is 51.3 Å². The number of carbonyl (C=O) groups is 3. The van der Waals surface area contributed by atoms with Crippen LogP contribution in [0.4, 0.5) is 0 Å². The van der Waals surface area contributed by atoms with Gasteiger partial charge in [0.2, 0.25) is 11.9 Å². The van der Waals surface area contributed by atoms with Crippen molar-refractivity contribution in [3.05, 3.63) is 83.3 Å². The molecule has 0 fully saturated rings. The van der Waals surface area contributed by atoms with E-state index in [-0.39, 0.29) is 31.3 Å². The fraction of sp³-hybridized carbons (Fsp3) is 0.292. The summed E-state index contributed by atoms with van der Waals surface area (Å²) < 4.78 is 27.4. The largest absolute Gasteiger partial charge is 0.485 e. The predicted octanol–water partition coefficient (Wildman–Crippen LogP) is 3.05. The zero-order valence-electron chi connectivity index (χ0n) is 17.8. The molecule has 0 aromatic heterocycles. The SMILES string of the molecule is CC(=O)OCC(OC(C)=O)C1OC(=O)C(OCc2ccccc2)=C1OCc1ccccc1. The van der Waals surface area contributed by atoms with Gasteiger partial charge in [0.15, 0.2) is 11.9 Å². The molecule has 8 nitrogen and oxygen atoms in total. The van der Waals surface area contributed by atoms with E-state index < -0.39 is 30.1 Å². The maximum Gasteiger partial charge on any atom is 0.378 e. The van der Waals surface area contributed by atoms with E-state index in [0.29, 0.717) is 0 Å². The number of cyclic esters (lactones) is 1. The average Bonchev–Trinajstić information content (AvgIpc) is 3.10. The summed E-state index contributed by atoms with van der Waals surface area (Å²) >= 11 is 0. The van der Waals surface area contributed by atoms with E-state index in [9.17, 15) is 14.4 Å². The lowest BCUT2D eigenvalue weighted by atomic mass is 10.1. The summed E-state index contributed by atoms with van der Waals surface area (Å²) in [5, 5.41) is 0. The van der Waals surface area contributed by atoms with Gasteiger partial charge in [0, 0.05) is 13.8 Å². The molecule has 2 atom stereocenters. The first-order chi connectivity index (χ1) is 15.4. The van der Waals surface area contributed by atoms with Crippen LogP contribution in [0.3, 0.4) is 0 Å². The van der Waals surface area contributed by atoms with Crippen molar-refractivity contribution in [2.45, 2.75) is 39.3 Å². The molecule has 0 saturated heterocycles. The van der Waals surface area contributed by atoms with E-state index in [1.54, 1.807) is 0 Å². The number of rotatable bonds is 10. The fourth-order valence-electron chi connectivity index (χ4n) is 3.04. The quantitative estimate of drug-likeness (QED) is 0.411. The molecule has 1 aliphatic heterocycles. The molecule has 2 aromatic rings. The molecule has 3 rings (SSSR count). The van der Waals surface area contributed by atoms with Crippen molar-refractivity contribution < 1.29 is 38.1 Å². The van der Waals surface area contributed by atoms with Crippen molar-refractivity contribution in [3.63, 3.8) is 0 Å². The number of carbonyl (C=O) groups excluding carboxylic acids is 3. The van der Waals surface area contributed by atoms with Crippen molar-refractivity contribution in [2.75, 3.05) is 6.61 Å². The van der Waals surface area contributed by atoms with Gasteiger partial charge >= 0.3 is 17.9 Å². The van der Waals surface area contributed by atoms with Crippen LogP contribution in [0.5, 0.6) is 0 Å². The van der Waals surface area contributed by atoms with Gasteiger partial charge in [-0.05, 0) is 11.1 Å². The summed E-state index contributed by atoms with van der Waals surface area (Å²) in [6.45, 7) is 2.36. The molecule has 2 unspecified atom stereocenters. The highest BCUT2D eigenvalue weighted by molar-refractivity contribution is 5.89. The molecule has 0 radical (unpaired) electrons. The molecule has 1 heterocycles. The van der Waals surface area contributed by atoms with Crippen LogP contribution in [0, 0.1) is 0 Å². The Morgan fingerprint density at radius 1 is 0.875 bits per heavy atom. The maximum atomic E-state index is 12.6. The first-order valence-corrected chi connectivity index (χ1v) is 10.0. The molecular formula is C24H24O8. The molecule has 0 amide bonds. The molecule has 2 aromatic carbocycles. The Morgan fingerprint density at radius 3 is 1.97 bits per heavy atom. The van der Waals surface area contributed by atoms with Gasteiger partial charge in [-0.2, -0.15) is 0 Å². The molecule has 0 saturated carbocycles. The third-order valence-corrected chi connectivity index (χ3v) is 4.47. The number of ether oxygens (including phenoxy) is 5. The second kappa shape index (κ2) is 11.0. The Balaban J connectivity index is 1.86. The Morgan fingerprint density at radius 2 is 1.44 bits per heavy atom. The summed E-state index contributed by atoms with van der Waals surface area (Å²) in [6, 6.07) is 18.6. The second-order valence-electron chi connectivity index (χ2n) is 7.02. The molecule has 0 spiro atoms. The number of benzene rings is 2. The minimum Gasteiger partial charge on any atom is -0.485 e. The normalized spacial score (nSPS) is 16.2. The third kappa shape index (κ3) is 6.34. The number of hydrogen-bond acceptors (Lipinski definition) is 8. The van der Waals surface area contributed by atoms with Crippen molar-refractivity contribution in [1.82, 2.24) is 0 Å². The minimum absolute atomic E-state index is 0.0770. The summed E-state index contributed by atoms with van der Waals surface area (Å²) in [5.74, 6) is -1.99. The Kier molecular flexibility index (Phi) is 7.85. The average molecular weight is 440 g/mol. The summed E-state index contributed by atoms with van der Waals surface area (Å²) in [7, 11) is 0. The highest BCUT2D eigenvalue weighted by Crippen LogP contribution is 2.30. The number of esters is 3. The van der Waals surface area contributed by atoms with Crippen LogP contribution >= 0.6 is 0 Å².